The number of hydrogen-bond acceptors (Lipinski definition) is 3. The number of phenols is 1. The number of ether oxygens (including phenoxy) is 2. The van der Waals surface area contributed by atoms with Crippen LogP contribution in [0, 0.1) is 0 Å². The molecule has 1 aliphatic carbocycles. The summed E-state index contributed by atoms with van der Waals surface area (Å²) in [7, 11) is 1.57. The first-order valence-corrected chi connectivity index (χ1v) is 8.40. The molecular formula is C20H22O3. The van der Waals surface area contributed by atoms with Gasteiger partial charge < -0.3 is 14.6 Å². The van der Waals surface area contributed by atoms with Gasteiger partial charge in [-0.25, -0.2) is 0 Å². The first kappa shape index (κ1) is 14.4. The Bertz CT molecular complexity index is 710. The van der Waals surface area contributed by atoms with Crippen molar-refractivity contribution in [3.8, 4) is 17.2 Å². The summed E-state index contributed by atoms with van der Waals surface area (Å²) in [6.45, 7) is 0. The van der Waals surface area contributed by atoms with Gasteiger partial charge in [0.2, 0.25) is 0 Å². The van der Waals surface area contributed by atoms with Crippen molar-refractivity contribution in [1.29, 1.82) is 0 Å². The Morgan fingerprint density at radius 3 is 2.74 bits per heavy atom. The lowest BCUT2D eigenvalue weighted by atomic mass is 9.76. The molecule has 1 fully saturated rings. The third kappa shape index (κ3) is 2.18. The summed E-state index contributed by atoms with van der Waals surface area (Å²) in [5.41, 5.74) is 2.05. The van der Waals surface area contributed by atoms with Gasteiger partial charge in [0.15, 0.2) is 11.5 Å². The van der Waals surface area contributed by atoms with Crippen LogP contribution in [0.25, 0.3) is 0 Å². The molecule has 3 nitrogen and oxygen atoms in total. The normalized spacial score (nSPS) is 25.9. The van der Waals surface area contributed by atoms with E-state index in [0.717, 1.165) is 24.2 Å². The van der Waals surface area contributed by atoms with Crippen LogP contribution < -0.4 is 9.47 Å². The van der Waals surface area contributed by atoms with Crippen molar-refractivity contribution < 1.29 is 14.6 Å². The molecule has 1 saturated carbocycles. The molecule has 120 valence electrons. The van der Waals surface area contributed by atoms with E-state index in [-0.39, 0.29) is 11.4 Å². The van der Waals surface area contributed by atoms with E-state index >= 15 is 0 Å². The predicted octanol–water partition coefficient (Wildman–Crippen LogP) is 4.74. The topological polar surface area (TPSA) is 38.7 Å². The molecule has 4 rings (SSSR count). The van der Waals surface area contributed by atoms with Crippen LogP contribution in [0.2, 0.25) is 0 Å². The van der Waals surface area contributed by atoms with Crippen LogP contribution in [-0.4, -0.2) is 12.2 Å². The van der Waals surface area contributed by atoms with Crippen molar-refractivity contribution in [3.63, 3.8) is 0 Å². The first-order chi connectivity index (χ1) is 11.2. The van der Waals surface area contributed by atoms with Crippen molar-refractivity contribution in [2.24, 2.45) is 0 Å². The van der Waals surface area contributed by atoms with Gasteiger partial charge in [0.05, 0.1) is 7.11 Å². The van der Waals surface area contributed by atoms with E-state index in [0.29, 0.717) is 11.7 Å². The molecule has 0 aromatic heterocycles. The van der Waals surface area contributed by atoms with E-state index in [2.05, 4.69) is 24.3 Å². The lowest BCUT2D eigenvalue weighted by Crippen LogP contribution is -2.34. The molecule has 0 spiro atoms. The maximum atomic E-state index is 10.2. The fourth-order valence-corrected chi connectivity index (χ4v) is 4.26. The number of phenolic OH excluding ortho intramolecular Hbond substituents is 1. The number of benzene rings is 2. The number of methoxy groups -OCH3 is 1. The second kappa shape index (κ2) is 5.48. The zero-order chi connectivity index (χ0) is 15.9. The highest BCUT2D eigenvalue weighted by atomic mass is 16.5. The lowest BCUT2D eigenvalue weighted by Gasteiger charge is -2.34. The molecule has 0 radical (unpaired) electrons. The number of rotatable bonds is 2. The van der Waals surface area contributed by atoms with Crippen molar-refractivity contribution >= 4 is 0 Å². The summed E-state index contributed by atoms with van der Waals surface area (Å²) >= 11 is 0. The van der Waals surface area contributed by atoms with Gasteiger partial charge in [0, 0.05) is 17.5 Å². The second-order valence-corrected chi connectivity index (χ2v) is 6.57. The standard InChI is InChI=1S/C20H22O3/c1-22-19-13-18-15(12-17(19)21)16-10-6-3-7-11-20(16,23-18)14-8-4-2-5-9-14/h2,4-5,8-9,12-13,16,21H,3,6-7,10-11H2,1H3/t16-,20+/m1/s1. The van der Waals surface area contributed by atoms with Crippen LogP contribution in [-0.2, 0) is 5.60 Å². The van der Waals surface area contributed by atoms with E-state index in [4.69, 9.17) is 9.47 Å². The summed E-state index contributed by atoms with van der Waals surface area (Å²) in [5.74, 6) is 1.82. The van der Waals surface area contributed by atoms with Gasteiger partial charge in [-0.15, -0.1) is 0 Å². The van der Waals surface area contributed by atoms with Crippen molar-refractivity contribution in [2.45, 2.75) is 43.6 Å². The van der Waals surface area contributed by atoms with Crippen LogP contribution >= 0.6 is 0 Å². The predicted molar refractivity (Wildman–Crippen MR) is 89.2 cm³/mol. The van der Waals surface area contributed by atoms with Crippen LogP contribution in [0.5, 0.6) is 17.2 Å². The molecule has 0 bridgehead atoms. The molecule has 2 aromatic rings. The van der Waals surface area contributed by atoms with E-state index in [1.807, 2.05) is 18.2 Å². The molecule has 1 heterocycles. The van der Waals surface area contributed by atoms with E-state index in [1.165, 1.54) is 24.8 Å². The van der Waals surface area contributed by atoms with Crippen LogP contribution in [0.3, 0.4) is 0 Å². The van der Waals surface area contributed by atoms with Crippen LogP contribution in [0.15, 0.2) is 42.5 Å². The molecule has 0 unspecified atom stereocenters. The largest absolute Gasteiger partial charge is 0.504 e. The van der Waals surface area contributed by atoms with Crippen molar-refractivity contribution in [1.82, 2.24) is 0 Å². The maximum absolute atomic E-state index is 10.2. The van der Waals surface area contributed by atoms with E-state index in [1.54, 1.807) is 7.11 Å². The second-order valence-electron chi connectivity index (χ2n) is 6.57. The Kier molecular flexibility index (Phi) is 3.44. The molecule has 3 heteroatoms. The van der Waals surface area contributed by atoms with E-state index in [9.17, 15) is 5.11 Å². The molecule has 0 amide bonds. The first-order valence-electron chi connectivity index (χ1n) is 8.40. The Morgan fingerprint density at radius 1 is 1.13 bits per heavy atom. The minimum Gasteiger partial charge on any atom is -0.504 e. The highest BCUT2D eigenvalue weighted by Crippen LogP contribution is 2.58. The zero-order valence-electron chi connectivity index (χ0n) is 13.4. The monoisotopic (exact) mass is 310 g/mol. The average Bonchev–Trinajstić information content (AvgIpc) is 2.74. The van der Waals surface area contributed by atoms with Gasteiger partial charge in [0.1, 0.15) is 11.4 Å². The lowest BCUT2D eigenvalue weighted by molar-refractivity contribution is 0.0571. The van der Waals surface area contributed by atoms with E-state index < -0.39 is 0 Å². The minimum atomic E-state index is -0.307. The average molecular weight is 310 g/mol. The third-order valence-electron chi connectivity index (χ3n) is 5.35. The molecule has 1 aliphatic heterocycles. The van der Waals surface area contributed by atoms with Gasteiger partial charge >= 0.3 is 0 Å². The Hall–Kier alpha value is -2.16. The Morgan fingerprint density at radius 2 is 1.96 bits per heavy atom. The van der Waals surface area contributed by atoms with Crippen LogP contribution in [0.1, 0.15) is 49.1 Å². The highest BCUT2D eigenvalue weighted by Gasteiger charge is 2.50. The molecule has 2 aliphatic rings. The minimum absolute atomic E-state index is 0.197. The number of fused-ring (bicyclic) bond motifs is 3. The third-order valence-corrected chi connectivity index (χ3v) is 5.35. The maximum Gasteiger partial charge on any atom is 0.164 e. The Labute approximate surface area is 136 Å². The smallest absolute Gasteiger partial charge is 0.164 e. The fraction of sp³-hybridized carbons (Fsp3) is 0.400. The van der Waals surface area contributed by atoms with Gasteiger partial charge in [0.25, 0.3) is 0 Å². The van der Waals surface area contributed by atoms with Crippen molar-refractivity contribution in [3.05, 3.63) is 53.6 Å². The summed E-state index contributed by atoms with van der Waals surface area (Å²) in [6, 6.07) is 14.2. The highest BCUT2D eigenvalue weighted by molar-refractivity contribution is 5.55. The van der Waals surface area contributed by atoms with Gasteiger partial charge in [-0.3, -0.25) is 0 Å². The van der Waals surface area contributed by atoms with Gasteiger partial charge in [-0.2, -0.15) is 0 Å². The summed E-state index contributed by atoms with van der Waals surface area (Å²) in [6.07, 6.45) is 5.72. The zero-order valence-corrected chi connectivity index (χ0v) is 13.4. The summed E-state index contributed by atoms with van der Waals surface area (Å²) in [4.78, 5) is 0. The molecule has 2 atom stereocenters. The summed E-state index contributed by atoms with van der Waals surface area (Å²) < 4.78 is 11.8. The molecular weight excluding hydrogens is 288 g/mol. The molecule has 0 saturated heterocycles. The fourth-order valence-electron chi connectivity index (χ4n) is 4.26. The molecule has 1 N–H and O–H groups in total. The van der Waals surface area contributed by atoms with Gasteiger partial charge in [-0.1, -0.05) is 43.2 Å². The molecule has 23 heavy (non-hydrogen) atoms. The quantitative estimate of drug-likeness (QED) is 0.871. The number of hydrogen-bond donors (Lipinski definition) is 1. The number of aromatic hydroxyl groups is 1. The van der Waals surface area contributed by atoms with Crippen LogP contribution in [0.4, 0.5) is 0 Å². The Balaban J connectivity index is 1.87. The molecule has 2 aromatic carbocycles. The summed E-state index contributed by atoms with van der Waals surface area (Å²) in [5, 5.41) is 10.2. The van der Waals surface area contributed by atoms with Gasteiger partial charge in [-0.05, 0) is 30.9 Å². The SMILES string of the molecule is COc1cc2c(cc1O)[C@H]1CCCCC[C@@]1(c1ccccc1)O2. The van der Waals surface area contributed by atoms with Crippen molar-refractivity contribution in [2.75, 3.05) is 7.11 Å².